The molecule has 0 saturated carbocycles. The molecule has 7 aromatic rings. The third-order valence-corrected chi connectivity index (χ3v) is 8.25. The summed E-state index contributed by atoms with van der Waals surface area (Å²) in [5.41, 5.74) is 3.16. The maximum absolute atomic E-state index is 13.6. The first-order valence-corrected chi connectivity index (χ1v) is 14.7. The highest BCUT2D eigenvalue weighted by Crippen LogP contribution is 2.34. The molecule has 3 aromatic heterocycles. The summed E-state index contributed by atoms with van der Waals surface area (Å²) in [6.07, 6.45) is 3.65. The van der Waals surface area contributed by atoms with Crippen molar-refractivity contribution in [2.45, 2.75) is 6.92 Å². The number of halogens is 1. The number of benzene rings is 4. The number of para-hydroxylation sites is 1. The summed E-state index contributed by atoms with van der Waals surface area (Å²) in [5.74, 6) is 0.695. The van der Waals surface area contributed by atoms with Gasteiger partial charge >= 0.3 is 5.97 Å². The van der Waals surface area contributed by atoms with Gasteiger partial charge in [0.2, 0.25) is 4.96 Å². The van der Waals surface area contributed by atoms with Crippen LogP contribution in [-0.2, 0) is 4.79 Å². The Hall–Kier alpha value is -5.32. The van der Waals surface area contributed by atoms with Gasteiger partial charge in [-0.1, -0.05) is 65.4 Å². The van der Waals surface area contributed by atoms with Gasteiger partial charge in [-0.05, 0) is 59.3 Å². The van der Waals surface area contributed by atoms with Crippen LogP contribution in [0.1, 0.15) is 12.5 Å². The Morgan fingerprint density at radius 2 is 1.68 bits per heavy atom. The molecule has 0 aliphatic carbocycles. The lowest BCUT2D eigenvalue weighted by atomic mass is 10.1. The van der Waals surface area contributed by atoms with E-state index in [0.717, 1.165) is 22.0 Å². The average Bonchev–Trinajstić information content (AvgIpc) is 3.72. The van der Waals surface area contributed by atoms with E-state index in [1.165, 1.54) is 22.8 Å². The molecule has 0 spiro atoms. The van der Waals surface area contributed by atoms with Crippen LogP contribution in [0.4, 0.5) is 0 Å². The molecule has 3 heterocycles. The predicted molar refractivity (Wildman–Crippen MR) is 171 cm³/mol. The van der Waals surface area contributed by atoms with E-state index in [-0.39, 0.29) is 11.4 Å². The Morgan fingerprint density at radius 3 is 2.39 bits per heavy atom. The van der Waals surface area contributed by atoms with E-state index in [0.29, 0.717) is 42.8 Å². The van der Waals surface area contributed by atoms with Crippen LogP contribution in [0.15, 0.2) is 95.9 Å². The van der Waals surface area contributed by atoms with Gasteiger partial charge in [0, 0.05) is 24.2 Å². The molecule has 0 radical (unpaired) electrons. The molecule has 0 bridgehead atoms. The number of hydrogen-bond donors (Lipinski definition) is 0. The van der Waals surface area contributed by atoms with Crippen LogP contribution in [0.2, 0.25) is 5.02 Å². The standard InChI is InChI=1S/C33H22ClN5O4S/c1-19(40)43-28-16-21-9-7-6-8-20(21)14-25(28)31-35-33-39(37-31)32(41)29(44-33)17-23-18-38(24-10-4-3-5-11-24)36-30(23)22-12-13-27(42-2)26(34)15-22/h3-18H,1-2H3/b29-17-. The topological polar surface area (TPSA) is 101 Å². The minimum absolute atomic E-state index is 0.285. The first-order chi connectivity index (χ1) is 21.4. The van der Waals surface area contributed by atoms with E-state index in [4.69, 9.17) is 26.2 Å². The van der Waals surface area contributed by atoms with Crippen molar-refractivity contribution in [2.75, 3.05) is 7.11 Å². The highest BCUT2D eigenvalue weighted by molar-refractivity contribution is 7.15. The van der Waals surface area contributed by atoms with Gasteiger partial charge in [-0.3, -0.25) is 9.59 Å². The second-order valence-corrected chi connectivity index (χ2v) is 11.3. The van der Waals surface area contributed by atoms with Crippen molar-refractivity contribution in [3.8, 4) is 39.8 Å². The van der Waals surface area contributed by atoms with Crippen molar-refractivity contribution in [1.29, 1.82) is 0 Å². The number of thiazole rings is 1. The predicted octanol–water partition coefficient (Wildman–Crippen LogP) is 5.96. The number of methoxy groups -OCH3 is 1. The Labute approximate surface area is 259 Å². The summed E-state index contributed by atoms with van der Waals surface area (Å²) >= 11 is 7.66. The minimum Gasteiger partial charge on any atom is -0.495 e. The molecule has 4 aromatic carbocycles. The number of esters is 1. The van der Waals surface area contributed by atoms with Crippen molar-refractivity contribution in [1.82, 2.24) is 24.4 Å². The van der Waals surface area contributed by atoms with Gasteiger partial charge in [0.1, 0.15) is 17.2 Å². The van der Waals surface area contributed by atoms with Crippen molar-refractivity contribution in [3.05, 3.63) is 117 Å². The molecule has 0 N–H and O–H groups in total. The smallest absolute Gasteiger partial charge is 0.308 e. The van der Waals surface area contributed by atoms with Crippen LogP contribution in [0.5, 0.6) is 11.5 Å². The summed E-state index contributed by atoms with van der Waals surface area (Å²) in [6, 6.07) is 26.5. The molecular formula is C33H22ClN5O4S. The lowest BCUT2D eigenvalue weighted by molar-refractivity contribution is -0.131. The molecule has 0 aliphatic rings. The Balaban J connectivity index is 1.36. The van der Waals surface area contributed by atoms with E-state index < -0.39 is 5.97 Å². The van der Waals surface area contributed by atoms with E-state index in [9.17, 15) is 9.59 Å². The second-order valence-electron chi connectivity index (χ2n) is 9.90. The van der Waals surface area contributed by atoms with Gasteiger partial charge < -0.3 is 9.47 Å². The average molecular weight is 620 g/mol. The van der Waals surface area contributed by atoms with Gasteiger partial charge in [-0.2, -0.15) is 14.6 Å². The summed E-state index contributed by atoms with van der Waals surface area (Å²) in [6.45, 7) is 1.34. The largest absolute Gasteiger partial charge is 0.495 e. The van der Waals surface area contributed by atoms with E-state index in [1.807, 2.05) is 72.9 Å². The fraction of sp³-hybridized carbons (Fsp3) is 0.0606. The molecule has 0 atom stereocenters. The van der Waals surface area contributed by atoms with Gasteiger partial charge in [0.05, 0.1) is 27.9 Å². The zero-order valence-corrected chi connectivity index (χ0v) is 25.0. The lowest BCUT2D eigenvalue weighted by Gasteiger charge is -2.08. The fourth-order valence-corrected chi connectivity index (χ4v) is 6.12. The molecule has 216 valence electrons. The van der Waals surface area contributed by atoms with Crippen molar-refractivity contribution >= 4 is 50.7 Å². The van der Waals surface area contributed by atoms with E-state index in [1.54, 1.807) is 36.1 Å². The summed E-state index contributed by atoms with van der Waals surface area (Å²) in [7, 11) is 1.56. The van der Waals surface area contributed by atoms with Crippen LogP contribution in [0, 0.1) is 0 Å². The number of ether oxygens (including phenoxy) is 2. The molecule has 44 heavy (non-hydrogen) atoms. The van der Waals surface area contributed by atoms with Crippen molar-refractivity contribution < 1.29 is 14.3 Å². The zero-order chi connectivity index (χ0) is 30.4. The number of carbonyl (C=O) groups excluding carboxylic acids is 1. The van der Waals surface area contributed by atoms with Crippen molar-refractivity contribution in [3.63, 3.8) is 0 Å². The minimum atomic E-state index is -0.464. The first-order valence-electron chi connectivity index (χ1n) is 13.5. The summed E-state index contributed by atoms with van der Waals surface area (Å²) < 4.78 is 14.3. The van der Waals surface area contributed by atoms with Crippen molar-refractivity contribution in [2.24, 2.45) is 0 Å². The Morgan fingerprint density at radius 1 is 0.932 bits per heavy atom. The van der Waals surface area contributed by atoms with Crippen LogP contribution in [-0.4, -0.2) is 37.5 Å². The van der Waals surface area contributed by atoms with Gasteiger partial charge in [-0.15, -0.1) is 5.10 Å². The number of rotatable bonds is 6. The van der Waals surface area contributed by atoms with Crippen LogP contribution in [0.3, 0.4) is 0 Å². The maximum Gasteiger partial charge on any atom is 0.308 e. The Kier molecular flexibility index (Phi) is 6.92. The molecule has 0 unspecified atom stereocenters. The summed E-state index contributed by atoms with van der Waals surface area (Å²) in [4.78, 5) is 30.5. The first kappa shape index (κ1) is 27.5. The van der Waals surface area contributed by atoms with E-state index >= 15 is 0 Å². The fourth-order valence-electron chi connectivity index (χ4n) is 4.97. The van der Waals surface area contributed by atoms with E-state index in [2.05, 4.69) is 10.1 Å². The quantitative estimate of drug-likeness (QED) is 0.167. The molecule has 0 amide bonds. The second kappa shape index (κ2) is 11.1. The Bertz CT molecular complexity index is 2330. The monoisotopic (exact) mass is 619 g/mol. The zero-order valence-electron chi connectivity index (χ0n) is 23.4. The molecule has 0 saturated heterocycles. The molecule has 7 rings (SSSR count). The van der Waals surface area contributed by atoms with Crippen LogP contribution >= 0.6 is 22.9 Å². The van der Waals surface area contributed by atoms with Gasteiger partial charge in [0.25, 0.3) is 5.56 Å². The number of carbonyl (C=O) groups is 1. The highest BCUT2D eigenvalue weighted by atomic mass is 35.5. The number of fused-ring (bicyclic) bond motifs is 2. The number of aromatic nitrogens is 5. The number of nitrogens with zero attached hydrogens (tertiary/aromatic N) is 5. The SMILES string of the molecule is COc1ccc(-c2nn(-c3ccccc3)cc2/C=c2\sc3nc(-c4cc5ccccc5cc4OC(C)=O)nn3c2=O)cc1Cl. The lowest BCUT2D eigenvalue weighted by Crippen LogP contribution is -2.23. The van der Waals surface area contributed by atoms with Gasteiger partial charge in [0.15, 0.2) is 5.82 Å². The molecule has 9 nitrogen and oxygen atoms in total. The normalized spacial score (nSPS) is 11.8. The third kappa shape index (κ3) is 5.00. The third-order valence-electron chi connectivity index (χ3n) is 7.00. The molecule has 0 aliphatic heterocycles. The number of hydrogen-bond acceptors (Lipinski definition) is 8. The summed E-state index contributed by atoms with van der Waals surface area (Å²) in [5, 5.41) is 11.6. The molecule has 11 heteroatoms. The highest BCUT2D eigenvalue weighted by Gasteiger charge is 2.19. The van der Waals surface area contributed by atoms with Crippen LogP contribution in [0.25, 0.3) is 50.1 Å². The van der Waals surface area contributed by atoms with Crippen LogP contribution < -0.4 is 19.6 Å². The van der Waals surface area contributed by atoms with Gasteiger partial charge in [-0.25, -0.2) is 4.68 Å². The molecular weight excluding hydrogens is 598 g/mol. The maximum atomic E-state index is 13.6. The molecule has 0 fully saturated rings.